The number of nitrogens with zero attached hydrogens (tertiary/aromatic N) is 4. The Labute approximate surface area is 221 Å². The second-order valence-electron chi connectivity index (χ2n) is 12.1. The van der Waals surface area contributed by atoms with E-state index in [1.807, 2.05) is 4.68 Å². The standard InChI is InChI=1S/C27H33FN6O3S/c1-26(2)13-27(10-9-17(26)12-21(27)35)14-38(36,37)33-20-8-7-16(11-19(20)28)23-22-24(29)30-15-31-25(22)34(32-23)18-5-3-4-6-18/h7-8,11,15,17-18,33H,3-6,9-10,12-14H2,1-2H3,(H2,29,30,31). The van der Waals surface area contributed by atoms with Crippen molar-refractivity contribution in [3.63, 3.8) is 0 Å². The Balaban J connectivity index is 1.29. The maximum Gasteiger partial charge on any atom is 0.233 e. The Morgan fingerprint density at radius 2 is 1.95 bits per heavy atom. The van der Waals surface area contributed by atoms with Crippen LogP contribution < -0.4 is 10.5 Å². The van der Waals surface area contributed by atoms with Gasteiger partial charge in [0.15, 0.2) is 5.65 Å². The third kappa shape index (κ3) is 4.15. The van der Waals surface area contributed by atoms with Gasteiger partial charge in [-0.2, -0.15) is 5.10 Å². The highest BCUT2D eigenvalue weighted by Crippen LogP contribution is 2.57. The van der Waals surface area contributed by atoms with E-state index in [0.29, 0.717) is 47.5 Å². The maximum absolute atomic E-state index is 15.3. The molecule has 3 aromatic rings. The van der Waals surface area contributed by atoms with Crippen LogP contribution in [0.25, 0.3) is 22.3 Å². The van der Waals surface area contributed by atoms with E-state index in [1.165, 1.54) is 18.5 Å². The van der Waals surface area contributed by atoms with Gasteiger partial charge in [-0.05, 0) is 55.6 Å². The summed E-state index contributed by atoms with van der Waals surface area (Å²) in [5.74, 6) is -0.500. The molecule has 2 heterocycles. The van der Waals surface area contributed by atoms with Gasteiger partial charge in [-0.1, -0.05) is 32.8 Å². The summed E-state index contributed by atoms with van der Waals surface area (Å²) in [5, 5.41) is 5.32. The van der Waals surface area contributed by atoms with Crippen molar-refractivity contribution in [3.8, 4) is 11.3 Å². The van der Waals surface area contributed by atoms with Gasteiger partial charge in [-0.15, -0.1) is 0 Å². The van der Waals surface area contributed by atoms with Crippen LogP contribution in [-0.2, 0) is 14.8 Å². The summed E-state index contributed by atoms with van der Waals surface area (Å²) in [5.41, 5.74) is 6.55. The fourth-order valence-corrected chi connectivity index (χ4v) is 8.83. The second-order valence-corrected chi connectivity index (χ2v) is 13.8. The van der Waals surface area contributed by atoms with E-state index in [-0.39, 0.29) is 34.5 Å². The van der Waals surface area contributed by atoms with Gasteiger partial charge in [0.1, 0.15) is 29.4 Å². The molecule has 2 unspecified atom stereocenters. The minimum Gasteiger partial charge on any atom is -0.383 e. The van der Waals surface area contributed by atoms with Crippen LogP contribution in [0.4, 0.5) is 15.9 Å². The highest BCUT2D eigenvalue weighted by molar-refractivity contribution is 7.92. The fourth-order valence-electron chi connectivity index (χ4n) is 7.12. The molecule has 7 rings (SSSR count). The molecule has 0 amide bonds. The smallest absolute Gasteiger partial charge is 0.233 e. The zero-order valence-electron chi connectivity index (χ0n) is 21.7. The Morgan fingerprint density at radius 3 is 2.63 bits per heavy atom. The molecule has 0 aliphatic heterocycles. The third-order valence-electron chi connectivity index (χ3n) is 9.06. The molecular weight excluding hydrogens is 507 g/mol. The number of hydrogen-bond donors (Lipinski definition) is 2. The average Bonchev–Trinajstić information content (AvgIpc) is 3.49. The molecule has 4 aliphatic rings. The number of sulfonamides is 1. The molecule has 0 spiro atoms. The average molecular weight is 541 g/mol. The first-order valence-corrected chi connectivity index (χ1v) is 15.0. The molecule has 4 saturated carbocycles. The summed E-state index contributed by atoms with van der Waals surface area (Å²) >= 11 is 0. The van der Waals surface area contributed by atoms with Crippen molar-refractivity contribution in [3.05, 3.63) is 30.3 Å². The largest absolute Gasteiger partial charge is 0.383 e. The molecule has 2 aromatic heterocycles. The number of hydrogen-bond acceptors (Lipinski definition) is 7. The number of carbonyl (C=O) groups is 1. The van der Waals surface area contributed by atoms with Crippen molar-refractivity contribution >= 4 is 38.3 Å². The van der Waals surface area contributed by atoms with Gasteiger partial charge in [-0.25, -0.2) is 27.5 Å². The van der Waals surface area contributed by atoms with Gasteiger partial charge in [0.05, 0.1) is 22.9 Å². The highest BCUT2D eigenvalue weighted by atomic mass is 32.2. The number of halogens is 1. The van der Waals surface area contributed by atoms with Crippen LogP contribution in [0.15, 0.2) is 24.5 Å². The number of aromatic nitrogens is 4. The Kier molecular flexibility index (Phi) is 5.79. The Morgan fingerprint density at radius 1 is 1.18 bits per heavy atom. The first-order chi connectivity index (χ1) is 18.0. The summed E-state index contributed by atoms with van der Waals surface area (Å²) in [6.45, 7) is 4.21. The lowest BCUT2D eigenvalue weighted by Crippen LogP contribution is -2.54. The van der Waals surface area contributed by atoms with Crippen LogP contribution in [0, 0.1) is 22.6 Å². The molecule has 4 aliphatic carbocycles. The van der Waals surface area contributed by atoms with Gasteiger partial charge >= 0.3 is 0 Å². The van der Waals surface area contributed by atoms with E-state index in [9.17, 15) is 13.2 Å². The fraction of sp³-hybridized carbons (Fsp3) is 0.556. The van der Waals surface area contributed by atoms with Gasteiger partial charge < -0.3 is 5.73 Å². The van der Waals surface area contributed by atoms with Crippen LogP contribution in [0.2, 0.25) is 0 Å². The number of fused-ring (bicyclic) bond motifs is 4. The van der Waals surface area contributed by atoms with Crippen molar-refractivity contribution in [1.82, 2.24) is 19.7 Å². The summed E-state index contributed by atoms with van der Waals surface area (Å²) in [7, 11) is -3.98. The van der Waals surface area contributed by atoms with E-state index in [0.717, 1.165) is 32.1 Å². The number of ketones is 1. The van der Waals surface area contributed by atoms with E-state index < -0.39 is 21.3 Å². The lowest BCUT2D eigenvalue weighted by molar-refractivity contribution is -0.144. The van der Waals surface area contributed by atoms with Crippen LogP contribution in [0.1, 0.15) is 71.3 Å². The van der Waals surface area contributed by atoms with E-state index >= 15 is 4.39 Å². The summed E-state index contributed by atoms with van der Waals surface area (Å²) < 4.78 is 46.0. The minimum atomic E-state index is -3.98. The number of carbonyl (C=O) groups excluding carboxylic acids is 1. The van der Waals surface area contributed by atoms with Crippen LogP contribution in [0.3, 0.4) is 0 Å². The number of nitrogen functional groups attached to an aromatic ring is 1. The lowest BCUT2D eigenvalue weighted by Gasteiger charge is -2.53. The monoisotopic (exact) mass is 540 g/mol. The number of anilines is 2. The molecule has 2 bridgehead atoms. The molecule has 2 atom stereocenters. The number of rotatable bonds is 6. The van der Waals surface area contributed by atoms with E-state index in [4.69, 9.17) is 10.8 Å². The molecule has 38 heavy (non-hydrogen) atoms. The molecule has 9 nitrogen and oxygen atoms in total. The SMILES string of the molecule is CC1(C)CC2(CS(=O)(=O)Nc3ccc(-c4nn(C5CCCC5)c5ncnc(N)c45)cc3F)CCC1CC2=O. The van der Waals surface area contributed by atoms with Crippen LogP contribution in [-0.4, -0.2) is 39.7 Å². The molecule has 3 N–H and O–H groups in total. The van der Waals surface area contributed by atoms with Crippen molar-refractivity contribution in [2.45, 2.75) is 71.3 Å². The Bertz CT molecular complexity index is 1550. The van der Waals surface area contributed by atoms with E-state index in [2.05, 4.69) is 28.5 Å². The van der Waals surface area contributed by atoms with E-state index in [1.54, 1.807) is 6.07 Å². The van der Waals surface area contributed by atoms with Crippen molar-refractivity contribution in [2.75, 3.05) is 16.2 Å². The molecule has 0 saturated heterocycles. The summed E-state index contributed by atoms with van der Waals surface area (Å²) in [4.78, 5) is 21.4. The second kappa shape index (κ2) is 8.72. The maximum atomic E-state index is 15.3. The first kappa shape index (κ1) is 25.2. The number of benzene rings is 1. The Hall–Kier alpha value is -3.08. The minimum absolute atomic E-state index is 0.0128. The molecule has 4 fully saturated rings. The first-order valence-electron chi connectivity index (χ1n) is 13.3. The summed E-state index contributed by atoms with van der Waals surface area (Å²) in [6.07, 6.45) is 7.93. The molecule has 0 radical (unpaired) electrons. The number of nitrogens with one attached hydrogen (secondary N) is 1. The zero-order chi connectivity index (χ0) is 26.9. The number of Topliss-reactive ketones (excluding diaryl/α,β-unsaturated/α-hetero) is 1. The molecule has 1 aromatic carbocycles. The van der Waals surface area contributed by atoms with Crippen molar-refractivity contribution < 1.29 is 17.6 Å². The topological polar surface area (TPSA) is 133 Å². The lowest BCUT2D eigenvalue weighted by atomic mass is 9.51. The van der Waals surface area contributed by atoms with Gasteiger partial charge in [-0.3, -0.25) is 9.52 Å². The highest BCUT2D eigenvalue weighted by Gasteiger charge is 2.56. The summed E-state index contributed by atoms with van der Waals surface area (Å²) in [6, 6.07) is 4.46. The third-order valence-corrected chi connectivity index (χ3v) is 10.5. The van der Waals surface area contributed by atoms with Gasteiger partial charge in [0, 0.05) is 17.4 Å². The van der Waals surface area contributed by atoms with Crippen LogP contribution in [0.5, 0.6) is 0 Å². The normalized spacial score (nSPS) is 25.3. The molecular formula is C27H33FN6O3S. The molecule has 202 valence electrons. The predicted molar refractivity (Wildman–Crippen MR) is 143 cm³/mol. The van der Waals surface area contributed by atoms with Gasteiger partial charge in [0.2, 0.25) is 10.0 Å². The molecule has 11 heteroatoms. The van der Waals surface area contributed by atoms with Crippen LogP contribution >= 0.6 is 0 Å². The quantitative estimate of drug-likeness (QED) is 0.456. The zero-order valence-corrected chi connectivity index (χ0v) is 22.5. The van der Waals surface area contributed by atoms with Crippen molar-refractivity contribution in [2.24, 2.45) is 16.7 Å². The predicted octanol–water partition coefficient (Wildman–Crippen LogP) is 4.86. The van der Waals surface area contributed by atoms with Crippen molar-refractivity contribution in [1.29, 1.82) is 0 Å². The van der Waals surface area contributed by atoms with Gasteiger partial charge in [0.25, 0.3) is 0 Å². The number of nitrogens with two attached hydrogens (primary N) is 1.